The molecule has 1 atom stereocenters. The normalized spacial score (nSPS) is 21.5. The Kier molecular flexibility index (Phi) is 3.50. The van der Waals surface area contributed by atoms with Crippen molar-refractivity contribution in [2.24, 2.45) is 5.92 Å². The highest BCUT2D eigenvalue weighted by Crippen LogP contribution is 2.23. The van der Waals surface area contributed by atoms with Gasteiger partial charge in [0.05, 0.1) is 5.92 Å². The summed E-state index contributed by atoms with van der Waals surface area (Å²) in [5, 5.41) is 0. The maximum atomic E-state index is 12.1. The maximum absolute atomic E-state index is 12.1. The maximum Gasteiger partial charge on any atom is 0.173 e. The Morgan fingerprint density at radius 1 is 1.06 bits per heavy atom. The van der Waals surface area contributed by atoms with Crippen LogP contribution in [-0.4, -0.2) is 11.6 Å². The van der Waals surface area contributed by atoms with Crippen molar-refractivity contribution < 1.29 is 9.59 Å². The van der Waals surface area contributed by atoms with Gasteiger partial charge >= 0.3 is 0 Å². The molecule has 0 bridgehead atoms. The summed E-state index contributed by atoms with van der Waals surface area (Å²) in [7, 11) is 0. The fraction of sp³-hybridized carbons (Fsp3) is 0.429. The van der Waals surface area contributed by atoms with E-state index in [2.05, 4.69) is 0 Å². The van der Waals surface area contributed by atoms with Gasteiger partial charge in [0.25, 0.3) is 0 Å². The third kappa shape index (κ3) is 2.38. The smallest absolute Gasteiger partial charge is 0.173 e. The lowest BCUT2D eigenvalue weighted by Crippen LogP contribution is -2.22. The van der Waals surface area contributed by atoms with Crippen LogP contribution in [-0.2, 0) is 4.79 Å². The molecule has 0 heterocycles. The van der Waals surface area contributed by atoms with E-state index in [1.807, 2.05) is 18.2 Å². The van der Waals surface area contributed by atoms with Crippen LogP contribution in [0.1, 0.15) is 42.5 Å². The second kappa shape index (κ2) is 5.06. The standard InChI is InChI=1S/C14H16O2/c15-13-10-6-2-5-9-12(13)14(16)11-7-3-1-4-8-11/h1,3-4,7-8,12H,2,5-6,9-10H2. The fourth-order valence-corrected chi connectivity index (χ4v) is 2.24. The van der Waals surface area contributed by atoms with E-state index in [4.69, 9.17) is 0 Å². The molecule has 1 aliphatic rings. The third-order valence-corrected chi connectivity index (χ3v) is 3.18. The van der Waals surface area contributed by atoms with Crippen molar-refractivity contribution in [1.29, 1.82) is 0 Å². The highest BCUT2D eigenvalue weighted by Gasteiger charge is 2.27. The number of hydrogen-bond donors (Lipinski definition) is 0. The molecule has 16 heavy (non-hydrogen) atoms. The predicted molar refractivity (Wildman–Crippen MR) is 62.4 cm³/mol. The second-order valence-electron chi connectivity index (χ2n) is 4.35. The molecule has 0 amide bonds. The molecule has 0 aliphatic heterocycles. The summed E-state index contributed by atoms with van der Waals surface area (Å²) >= 11 is 0. The van der Waals surface area contributed by atoms with Gasteiger partial charge < -0.3 is 0 Å². The van der Waals surface area contributed by atoms with Gasteiger partial charge in [0.1, 0.15) is 5.78 Å². The van der Waals surface area contributed by atoms with E-state index in [1.54, 1.807) is 12.1 Å². The summed E-state index contributed by atoms with van der Waals surface area (Å²) in [4.78, 5) is 24.0. The van der Waals surface area contributed by atoms with E-state index < -0.39 is 0 Å². The van der Waals surface area contributed by atoms with Crippen LogP contribution >= 0.6 is 0 Å². The lowest BCUT2D eigenvalue weighted by Gasteiger charge is -2.11. The molecule has 2 nitrogen and oxygen atoms in total. The van der Waals surface area contributed by atoms with Crippen molar-refractivity contribution in [3.8, 4) is 0 Å². The molecular formula is C14H16O2. The number of rotatable bonds is 2. The zero-order valence-corrected chi connectivity index (χ0v) is 9.32. The number of carbonyl (C=O) groups excluding carboxylic acids is 2. The van der Waals surface area contributed by atoms with Crippen LogP contribution in [0.15, 0.2) is 30.3 Å². The third-order valence-electron chi connectivity index (χ3n) is 3.18. The molecule has 0 spiro atoms. The van der Waals surface area contributed by atoms with Gasteiger partial charge in [0.15, 0.2) is 5.78 Å². The molecule has 0 saturated heterocycles. The van der Waals surface area contributed by atoms with E-state index >= 15 is 0 Å². The average molecular weight is 216 g/mol. The molecule has 1 aromatic rings. The van der Waals surface area contributed by atoms with Gasteiger partial charge in [-0.2, -0.15) is 0 Å². The molecule has 1 aromatic carbocycles. The average Bonchev–Trinajstić information content (AvgIpc) is 2.54. The Hall–Kier alpha value is -1.44. The van der Waals surface area contributed by atoms with E-state index in [9.17, 15) is 9.59 Å². The molecule has 1 unspecified atom stereocenters. The van der Waals surface area contributed by atoms with Gasteiger partial charge in [-0.15, -0.1) is 0 Å². The summed E-state index contributed by atoms with van der Waals surface area (Å²) in [6.07, 6.45) is 4.31. The zero-order chi connectivity index (χ0) is 11.4. The number of hydrogen-bond acceptors (Lipinski definition) is 2. The summed E-state index contributed by atoms with van der Waals surface area (Å²) in [5.74, 6) is -0.247. The van der Waals surface area contributed by atoms with Crippen molar-refractivity contribution in [1.82, 2.24) is 0 Å². The van der Waals surface area contributed by atoms with Crippen LogP contribution in [0.3, 0.4) is 0 Å². The highest BCUT2D eigenvalue weighted by molar-refractivity contribution is 6.10. The molecule has 2 rings (SSSR count). The van der Waals surface area contributed by atoms with Crippen LogP contribution in [0.25, 0.3) is 0 Å². The Morgan fingerprint density at radius 2 is 1.81 bits per heavy atom. The van der Waals surface area contributed by atoms with Crippen molar-refractivity contribution in [2.75, 3.05) is 0 Å². The van der Waals surface area contributed by atoms with Crippen molar-refractivity contribution in [3.05, 3.63) is 35.9 Å². The lowest BCUT2D eigenvalue weighted by molar-refractivity contribution is -0.121. The van der Waals surface area contributed by atoms with E-state index in [-0.39, 0.29) is 17.5 Å². The lowest BCUT2D eigenvalue weighted by atomic mass is 9.90. The first-order valence-corrected chi connectivity index (χ1v) is 5.91. The molecule has 0 aromatic heterocycles. The number of ketones is 2. The van der Waals surface area contributed by atoms with Gasteiger partial charge in [-0.25, -0.2) is 0 Å². The molecule has 84 valence electrons. The number of Topliss-reactive ketones (excluding diaryl/α,β-unsaturated/α-hetero) is 2. The van der Waals surface area contributed by atoms with Crippen LogP contribution in [0.5, 0.6) is 0 Å². The highest BCUT2D eigenvalue weighted by atomic mass is 16.1. The van der Waals surface area contributed by atoms with E-state index in [0.29, 0.717) is 12.0 Å². The summed E-state index contributed by atoms with van der Waals surface area (Å²) in [6, 6.07) is 9.15. The molecule has 1 fully saturated rings. The van der Waals surface area contributed by atoms with Gasteiger partial charge in [0, 0.05) is 12.0 Å². The quantitative estimate of drug-likeness (QED) is 0.432. The van der Waals surface area contributed by atoms with E-state index in [0.717, 1.165) is 25.7 Å². The van der Waals surface area contributed by atoms with Crippen LogP contribution < -0.4 is 0 Å². The summed E-state index contributed by atoms with van der Waals surface area (Å²) < 4.78 is 0. The summed E-state index contributed by atoms with van der Waals surface area (Å²) in [6.45, 7) is 0. The van der Waals surface area contributed by atoms with Crippen molar-refractivity contribution in [2.45, 2.75) is 32.1 Å². The molecule has 2 heteroatoms. The summed E-state index contributed by atoms with van der Waals surface area (Å²) in [5.41, 5.74) is 0.669. The Labute approximate surface area is 95.7 Å². The second-order valence-corrected chi connectivity index (χ2v) is 4.35. The first-order chi connectivity index (χ1) is 7.79. The Balaban J connectivity index is 2.17. The molecule has 0 N–H and O–H groups in total. The Morgan fingerprint density at radius 3 is 2.56 bits per heavy atom. The minimum absolute atomic E-state index is 0.00694. The number of carbonyl (C=O) groups is 2. The Bertz CT molecular complexity index is 381. The molecule has 0 radical (unpaired) electrons. The van der Waals surface area contributed by atoms with Crippen molar-refractivity contribution in [3.63, 3.8) is 0 Å². The van der Waals surface area contributed by atoms with Crippen LogP contribution in [0.4, 0.5) is 0 Å². The van der Waals surface area contributed by atoms with Gasteiger partial charge in [-0.1, -0.05) is 43.2 Å². The van der Waals surface area contributed by atoms with Crippen LogP contribution in [0, 0.1) is 5.92 Å². The minimum Gasteiger partial charge on any atom is -0.299 e. The van der Waals surface area contributed by atoms with Crippen LogP contribution in [0.2, 0.25) is 0 Å². The van der Waals surface area contributed by atoms with Gasteiger partial charge in [-0.3, -0.25) is 9.59 Å². The number of benzene rings is 1. The minimum atomic E-state index is -0.384. The molecular weight excluding hydrogens is 200 g/mol. The zero-order valence-electron chi connectivity index (χ0n) is 9.32. The first kappa shape index (κ1) is 11.1. The molecule has 1 aliphatic carbocycles. The largest absolute Gasteiger partial charge is 0.299 e. The predicted octanol–water partition coefficient (Wildman–Crippen LogP) is 3.02. The fourth-order valence-electron chi connectivity index (χ4n) is 2.24. The van der Waals surface area contributed by atoms with Gasteiger partial charge in [0.2, 0.25) is 0 Å². The van der Waals surface area contributed by atoms with Gasteiger partial charge in [-0.05, 0) is 12.8 Å². The van der Waals surface area contributed by atoms with Crippen molar-refractivity contribution >= 4 is 11.6 Å². The SMILES string of the molecule is O=C1CCCCCC1C(=O)c1ccccc1. The first-order valence-electron chi connectivity index (χ1n) is 5.91. The van der Waals surface area contributed by atoms with E-state index in [1.165, 1.54) is 0 Å². The molecule has 1 saturated carbocycles. The monoisotopic (exact) mass is 216 g/mol. The topological polar surface area (TPSA) is 34.1 Å².